The fourth-order valence-corrected chi connectivity index (χ4v) is 2.08. The van der Waals surface area contributed by atoms with Gasteiger partial charge in [-0.05, 0) is 34.5 Å². The average Bonchev–Trinajstić information content (AvgIpc) is 2.86. The zero-order valence-corrected chi connectivity index (χ0v) is 10.1. The molecule has 3 heterocycles. The van der Waals surface area contributed by atoms with E-state index < -0.39 is 0 Å². The highest BCUT2D eigenvalue weighted by molar-refractivity contribution is 9.10. The van der Waals surface area contributed by atoms with E-state index in [0.717, 1.165) is 29.8 Å². The van der Waals surface area contributed by atoms with E-state index in [-0.39, 0.29) is 0 Å². The van der Waals surface area contributed by atoms with Crippen LogP contribution < -0.4 is 5.32 Å². The van der Waals surface area contributed by atoms with E-state index in [4.69, 9.17) is 4.74 Å². The quantitative estimate of drug-likeness (QED) is 0.911. The van der Waals surface area contributed by atoms with Crippen LogP contribution in [-0.4, -0.2) is 33.9 Å². The van der Waals surface area contributed by atoms with Gasteiger partial charge in [0.1, 0.15) is 0 Å². The van der Waals surface area contributed by atoms with E-state index in [1.54, 1.807) is 4.52 Å². The molecule has 6 heteroatoms. The monoisotopic (exact) mass is 282 g/mol. The van der Waals surface area contributed by atoms with Crippen molar-refractivity contribution in [3.05, 3.63) is 22.8 Å². The average molecular weight is 283 g/mol. The van der Waals surface area contributed by atoms with Gasteiger partial charge in [0, 0.05) is 17.3 Å². The Morgan fingerprint density at radius 2 is 2.44 bits per heavy atom. The molecule has 1 aliphatic heterocycles. The molecular weight excluding hydrogens is 272 g/mol. The first kappa shape index (κ1) is 10.0. The van der Waals surface area contributed by atoms with Gasteiger partial charge in [-0.1, -0.05) is 0 Å². The van der Waals surface area contributed by atoms with Gasteiger partial charge in [-0.15, -0.1) is 5.10 Å². The van der Waals surface area contributed by atoms with Crippen molar-refractivity contribution in [2.75, 3.05) is 18.5 Å². The molecule has 1 fully saturated rings. The molecule has 1 aliphatic rings. The Morgan fingerprint density at radius 1 is 1.50 bits per heavy atom. The van der Waals surface area contributed by atoms with Crippen LogP contribution in [0.2, 0.25) is 0 Å². The number of fused-ring (bicyclic) bond motifs is 1. The summed E-state index contributed by atoms with van der Waals surface area (Å²) < 4.78 is 8.03. The van der Waals surface area contributed by atoms with E-state index in [1.165, 1.54) is 0 Å². The van der Waals surface area contributed by atoms with Gasteiger partial charge < -0.3 is 10.1 Å². The topological polar surface area (TPSA) is 51.5 Å². The van der Waals surface area contributed by atoms with Crippen molar-refractivity contribution in [2.45, 2.75) is 12.5 Å². The number of nitrogens with one attached hydrogen (secondary N) is 1. The number of rotatable bonds is 2. The first-order chi connectivity index (χ1) is 7.81. The summed E-state index contributed by atoms with van der Waals surface area (Å²) in [5, 5.41) is 7.61. The molecule has 2 aromatic rings. The Morgan fingerprint density at radius 3 is 3.25 bits per heavy atom. The molecule has 5 nitrogen and oxygen atoms in total. The van der Waals surface area contributed by atoms with Crippen LogP contribution in [0.4, 0.5) is 5.95 Å². The number of hydrogen-bond donors (Lipinski definition) is 1. The summed E-state index contributed by atoms with van der Waals surface area (Å²) >= 11 is 3.40. The number of ether oxygens (including phenoxy) is 1. The number of halogens is 1. The van der Waals surface area contributed by atoms with Crippen molar-refractivity contribution >= 4 is 27.5 Å². The largest absolute Gasteiger partial charge is 0.379 e. The molecule has 0 bridgehead atoms. The third-order valence-corrected chi connectivity index (χ3v) is 3.03. The second-order valence-corrected chi connectivity index (χ2v) is 4.71. The normalized spacial score (nSPS) is 20.4. The molecule has 1 atom stereocenters. The van der Waals surface area contributed by atoms with Gasteiger partial charge in [0.2, 0.25) is 5.95 Å². The zero-order chi connectivity index (χ0) is 11.0. The molecule has 0 aromatic carbocycles. The van der Waals surface area contributed by atoms with Gasteiger partial charge in [0.25, 0.3) is 0 Å². The Hall–Kier alpha value is -1.14. The summed E-state index contributed by atoms with van der Waals surface area (Å²) in [7, 11) is 0. The SMILES string of the molecule is Brc1ccc2nc(NC3CCOC3)nn2c1. The molecule has 1 saturated heterocycles. The number of hydrogen-bond acceptors (Lipinski definition) is 4. The van der Waals surface area contributed by atoms with Crippen molar-refractivity contribution < 1.29 is 4.74 Å². The van der Waals surface area contributed by atoms with Gasteiger partial charge in [0.05, 0.1) is 12.6 Å². The highest BCUT2D eigenvalue weighted by atomic mass is 79.9. The maximum Gasteiger partial charge on any atom is 0.243 e. The van der Waals surface area contributed by atoms with Crippen molar-refractivity contribution in [3.63, 3.8) is 0 Å². The fourth-order valence-electron chi connectivity index (χ4n) is 1.75. The van der Waals surface area contributed by atoms with Crippen molar-refractivity contribution in [2.24, 2.45) is 0 Å². The molecule has 0 amide bonds. The lowest BCUT2D eigenvalue weighted by atomic mass is 10.3. The molecule has 84 valence electrons. The lowest BCUT2D eigenvalue weighted by Crippen LogP contribution is -2.19. The summed E-state index contributed by atoms with van der Waals surface area (Å²) in [4.78, 5) is 4.38. The highest BCUT2D eigenvalue weighted by Gasteiger charge is 2.16. The summed E-state index contributed by atoms with van der Waals surface area (Å²) in [6.07, 6.45) is 2.90. The van der Waals surface area contributed by atoms with E-state index in [9.17, 15) is 0 Å². The second-order valence-electron chi connectivity index (χ2n) is 3.79. The smallest absolute Gasteiger partial charge is 0.243 e. The van der Waals surface area contributed by atoms with Crippen LogP contribution in [0, 0.1) is 0 Å². The Kier molecular flexibility index (Phi) is 2.53. The Labute approximate surface area is 101 Å². The second kappa shape index (κ2) is 4.03. The van der Waals surface area contributed by atoms with Crippen molar-refractivity contribution in [1.82, 2.24) is 14.6 Å². The standard InChI is InChI=1S/C10H11BrN4O/c11-7-1-2-9-13-10(14-15(9)5-7)12-8-3-4-16-6-8/h1-2,5,8H,3-4,6H2,(H,12,14). The van der Waals surface area contributed by atoms with Crippen LogP contribution in [0.5, 0.6) is 0 Å². The fraction of sp³-hybridized carbons (Fsp3) is 0.400. The minimum Gasteiger partial charge on any atom is -0.379 e. The number of anilines is 1. The highest BCUT2D eigenvalue weighted by Crippen LogP contribution is 2.14. The maximum absolute atomic E-state index is 5.29. The van der Waals surface area contributed by atoms with E-state index >= 15 is 0 Å². The van der Waals surface area contributed by atoms with E-state index in [2.05, 4.69) is 31.3 Å². The predicted molar refractivity (Wildman–Crippen MR) is 63.5 cm³/mol. The minimum absolute atomic E-state index is 0.334. The number of pyridine rings is 1. The molecule has 0 radical (unpaired) electrons. The first-order valence-corrected chi connectivity index (χ1v) is 5.97. The zero-order valence-electron chi connectivity index (χ0n) is 8.56. The van der Waals surface area contributed by atoms with Crippen molar-refractivity contribution in [3.8, 4) is 0 Å². The molecule has 0 aliphatic carbocycles. The lowest BCUT2D eigenvalue weighted by Gasteiger charge is -2.06. The van der Waals surface area contributed by atoms with Crippen LogP contribution in [0.3, 0.4) is 0 Å². The van der Waals surface area contributed by atoms with Crippen LogP contribution in [-0.2, 0) is 4.74 Å². The summed E-state index contributed by atoms with van der Waals surface area (Å²) in [5.74, 6) is 0.661. The van der Waals surface area contributed by atoms with Gasteiger partial charge >= 0.3 is 0 Å². The number of aromatic nitrogens is 3. The summed E-state index contributed by atoms with van der Waals surface area (Å²) in [6, 6.07) is 4.21. The van der Waals surface area contributed by atoms with Crippen LogP contribution >= 0.6 is 15.9 Å². The summed E-state index contributed by atoms with van der Waals surface area (Å²) in [5.41, 5.74) is 0.838. The van der Waals surface area contributed by atoms with Crippen LogP contribution in [0.25, 0.3) is 5.65 Å². The minimum atomic E-state index is 0.334. The molecular formula is C10H11BrN4O. The predicted octanol–water partition coefficient (Wildman–Crippen LogP) is 1.69. The Balaban J connectivity index is 1.86. The molecule has 1 N–H and O–H groups in total. The van der Waals surface area contributed by atoms with Crippen LogP contribution in [0.15, 0.2) is 22.8 Å². The molecule has 2 aromatic heterocycles. The van der Waals surface area contributed by atoms with Crippen LogP contribution in [0.1, 0.15) is 6.42 Å². The van der Waals surface area contributed by atoms with Gasteiger partial charge in [0.15, 0.2) is 5.65 Å². The van der Waals surface area contributed by atoms with Gasteiger partial charge in [-0.3, -0.25) is 0 Å². The third kappa shape index (κ3) is 1.90. The van der Waals surface area contributed by atoms with E-state index in [1.807, 2.05) is 18.3 Å². The third-order valence-electron chi connectivity index (χ3n) is 2.56. The van der Waals surface area contributed by atoms with E-state index in [0.29, 0.717) is 12.0 Å². The number of nitrogens with zero attached hydrogens (tertiary/aromatic N) is 3. The maximum atomic E-state index is 5.29. The molecule has 3 rings (SSSR count). The summed E-state index contributed by atoms with van der Waals surface area (Å²) in [6.45, 7) is 1.55. The van der Waals surface area contributed by atoms with Gasteiger partial charge in [-0.2, -0.15) is 4.98 Å². The lowest BCUT2D eigenvalue weighted by molar-refractivity contribution is 0.195. The van der Waals surface area contributed by atoms with Crippen molar-refractivity contribution in [1.29, 1.82) is 0 Å². The molecule has 16 heavy (non-hydrogen) atoms. The first-order valence-electron chi connectivity index (χ1n) is 5.17. The van der Waals surface area contributed by atoms with Gasteiger partial charge in [-0.25, -0.2) is 4.52 Å². The molecule has 0 saturated carbocycles. The Bertz CT molecular complexity index is 506. The molecule has 1 unspecified atom stereocenters. The molecule has 0 spiro atoms.